The van der Waals surface area contributed by atoms with E-state index < -0.39 is 0 Å². The SMILES string of the molecule is O=C(CSc1nccc(=O)[nH]1)Nc1nnc(-c2ccc(Cl)cc2)s1. The summed E-state index contributed by atoms with van der Waals surface area (Å²) in [5, 5.41) is 12.8. The molecule has 3 aromatic rings. The number of benzene rings is 1. The molecule has 2 aromatic heterocycles. The number of aromatic amines is 1. The van der Waals surface area contributed by atoms with Crippen LogP contribution in [0.1, 0.15) is 0 Å². The minimum atomic E-state index is -0.260. The van der Waals surface area contributed by atoms with E-state index in [1.165, 1.54) is 23.6 Å². The van der Waals surface area contributed by atoms with Gasteiger partial charge in [-0.05, 0) is 12.1 Å². The van der Waals surface area contributed by atoms with Crippen molar-refractivity contribution in [2.24, 2.45) is 0 Å². The standard InChI is InChI=1S/C14H10ClN5O2S2/c15-9-3-1-8(2-4-9)12-19-20-14(24-12)18-11(22)7-23-13-16-6-5-10(21)17-13/h1-6H,7H2,(H,16,17,21)(H,18,20,22). The Bertz CT molecular complexity index is 910. The fourth-order valence-corrected chi connectivity index (χ4v) is 3.24. The van der Waals surface area contributed by atoms with Gasteiger partial charge in [-0.25, -0.2) is 4.98 Å². The summed E-state index contributed by atoms with van der Waals surface area (Å²) in [5.41, 5.74) is 0.613. The van der Waals surface area contributed by atoms with Crippen LogP contribution >= 0.6 is 34.7 Å². The Hall–Kier alpha value is -2.23. The number of hydrogen-bond donors (Lipinski definition) is 2. The fraction of sp³-hybridized carbons (Fsp3) is 0.0714. The van der Waals surface area contributed by atoms with Crippen LogP contribution < -0.4 is 10.9 Å². The van der Waals surface area contributed by atoms with E-state index in [1.54, 1.807) is 12.1 Å². The van der Waals surface area contributed by atoms with Crippen molar-refractivity contribution in [1.82, 2.24) is 20.2 Å². The van der Waals surface area contributed by atoms with E-state index in [0.717, 1.165) is 17.3 Å². The third-order valence-corrected chi connectivity index (χ3v) is 4.78. The van der Waals surface area contributed by atoms with Crippen molar-refractivity contribution in [3.63, 3.8) is 0 Å². The lowest BCUT2D eigenvalue weighted by Crippen LogP contribution is -2.15. The Morgan fingerprint density at radius 3 is 2.79 bits per heavy atom. The normalized spacial score (nSPS) is 10.5. The van der Waals surface area contributed by atoms with Crippen LogP contribution in [-0.2, 0) is 4.79 Å². The smallest absolute Gasteiger partial charge is 0.251 e. The van der Waals surface area contributed by atoms with E-state index in [1.807, 2.05) is 12.1 Å². The molecule has 0 atom stereocenters. The van der Waals surface area contributed by atoms with Crippen LogP contribution in [0, 0.1) is 0 Å². The van der Waals surface area contributed by atoms with Gasteiger partial charge in [-0.2, -0.15) is 0 Å². The molecule has 0 aliphatic carbocycles. The van der Waals surface area contributed by atoms with Gasteiger partial charge in [0.1, 0.15) is 5.01 Å². The molecule has 24 heavy (non-hydrogen) atoms. The number of rotatable bonds is 5. The Kier molecular flexibility index (Phi) is 5.24. The Balaban J connectivity index is 1.59. The molecule has 3 rings (SSSR count). The quantitative estimate of drug-likeness (QED) is 0.522. The molecular formula is C14H10ClN5O2S2. The molecular weight excluding hydrogens is 370 g/mol. The van der Waals surface area contributed by atoms with Crippen LogP contribution in [0.2, 0.25) is 5.02 Å². The topological polar surface area (TPSA) is 101 Å². The largest absolute Gasteiger partial charge is 0.301 e. The first-order valence-corrected chi connectivity index (χ1v) is 8.85. The maximum absolute atomic E-state index is 11.9. The van der Waals surface area contributed by atoms with Crippen molar-refractivity contribution >= 4 is 45.7 Å². The molecule has 0 aliphatic rings. The van der Waals surface area contributed by atoms with E-state index in [-0.39, 0.29) is 17.2 Å². The molecule has 0 spiro atoms. The second-order valence-electron chi connectivity index (χ2n) is 4.50. The van der Waals surface area contributed by atoms with E-state index in [9.17, 15) is 9.59 Å². The number of nitrogens with one attached hydrogen (secondary N) is 2. The number of hydrogen-bond acceptors (Lipinski definition) is 7. The number of amides is 1. The number of thioether (sulfide) groups is 1. The molecule has 0 radical (unpaired) electrons. The molecule has 0 saturated heterocycles. The molecule has 1 aromatic carbocycles. The van der Waals surface area contributed by atoms with E-state index in [0.29, 0.717) is 20.3 Å². The summed E-state index contributed by atoms with van der Waals surface area (Å²) in [5.74, 6) is -0.159. The highest BCUT2D eigenvalue weighted by Crippen LogP contribution is 2.27. The fourth-order valence-electron chi connectivity index (χ4n) is 1.70. The summed E-state index contributed by atoms with van der Waals surface area (Å²) in [4.78, 5) is 29.6. The van der Waals surface area contributed by atoms with Gasteiger partial charge in [0.2, 0.25) is 11.0 Å². The number of aromatic nitrogens is 4. The molecule has 0 fully saturated rings. The minimum Gasteiger partial charge on any atom is -0.301 e. The predicted molar refractivity (Wildman–Crippen MR) is 94.6 cm³/mol. The van der Waals surface area contributed by atoms with Gasteiger partial charge in [-0.3, -0.25) is 14.9 Å². The van der Waals surface area contributed by atoms with Crippen LogP contribution in [0.5, 0.6) is 0 Å². The maximum Gasteiger partial charge on any atom is 0.251 e. The third-order valence-electron chi connectivity index (χ3n) is 2.75. The first-order valence-electron chi connectivity index (χ1n) is 6.67. The summed E-state index contributed by atoms with van der Waals surface area (Å²) < 4.78 is 0. The van der Waals surface area contributed by atoms with Crippen molar-refractivity contribution < 1.29 is 4.79 Å². The lowest BCUT2D eigenvalue weighted by molar-refractivity contribution is -0.113. The lowest BCUT2D eigenvalue weighted by atomic mass is 10.2. The van der Waals surface area contributed by atoms with Crippen molar-refractivity contribution in [3.8, 4) is 10.6 Å². The third kappa shape index (κ3) is 4.40. The van der Waals surface area contributed by atoms with Crippen LogP contribution in [0.4, 0.5) is 5.13 Å². The highest BCUT2D eigenvalue weighted by atomic mass is 35.5. The van der Waals surface area contributed by atoms with Crippen LogP contribution in [0.25, 0.3) is 10.6 Å². The molecule has 2 heterocycles. The highest BCUT2D eigenvalue weighted by Gasteiger charge is 2.10. The number of halogens is 1. The summed E-state index contributed by atoms with van der Waals surface area (Å²) in [6.07, 6.45) is 1.39. The Morgan fingerprint density at radius 2 is 2.04 bits per heavy atom. The summed E-state index contributed by atoms with van der Waals surface area (Å²) in [7, 11) is 0. The molecule has 2 N–H and O–H groups in total. The van der Waals surface area contributed by atoms with Gasteiger partial charge in [0.25, 0.3) is 5.56 Å². The second-order valence-corrected chi connectivity index (χ2v) is 6.87. The first kappa shape index (κ1) is 16.6. The number of carbonyl (C=O) groups is 1. The molecule has 1 amide bonds. The van der Waals surface area contributed by atoms with Gasteiger partial charge in [-0.15, -0.1) is 10.2 Å². The van der Waals surface area contributed by atoms with Crippen molar-refractivity contribution in [3.05, 3.63) is 51.9 Å². The second kappa shape index (κ2) is 7.56. The van der Waals surface area contributed by atoms with Gasteiger partial charge < -0.3 is 4.98 Å². The number of anilines is 1. The Labute approximate surface area is 149 Å². The maximum atomic E-state index is 11.9. The van der Waals surface area contributed by atoms with Gasteiger partial charge in [0, 0.05) is 22.8 Å². The molecule has 0 saturated carbocycles. The molecule has 0 unspecified atom stereocenters. The van der Waals surface area contributed by atoms with Gasteiger partial charge in [0.05, 0.1) is 5.75 Å². The van der Waals surface area contributed by atoms with Gasteiger partial charge >= 0.3 is 0 Å². The summed E-state index contributed by atoms with van der Waals surface area (Å²) in [6, 6.07) is 8.51. The average Bonchev–Trinajstić information content (AvgIpc) is 3.02. The Morgan fingerprint density at radius 1 is 1.25 bits per heavy atom. The van der Waals surface area contributed by atoms with E-state index in [4.69, 9.17) is 11.6 Å². The van der Waals surface area contributed by atoms with Crippen LogP contribution in [0.15, 0.2) is 46.5 Å². The van der Waals surface area contributed by atoms with Crippen LogP contribution in [0.3, 0.4) is 0 Å². The first-order chi connectivity index (χ1) is 11.6. The number of H-pyrrole nitrogens is 1. The van der Waals surface area contributed by atoms with Crippen molar-refractivity contribution in [2.75, 3.05) is 11.1 Å². The average molecular weight is 380 g/mol. The predicted octanol–water partition coefficient (Wildman–Crippen LogP) is 2.67. The van der Waals surface area contributed by atoms with Crippen molar-refractivity contribution in [2.45, 2.75) is 5.16 Å². The summed E-state index contributed by atoms with van der Waals surface area (Å²) >= 11 is 8.24. The lowest BCUT2D eigenvalue weighted by Gasteiger charge is -2.00. The molecule has 10 heteroatoms. The molecule has 0 aliphatic heterocycles. The summed E-state index contributed by atoms with van der Waals surface area (Å²) in [6.45, 7) is 0. The van der Waals surface area contributed by atoms with E-state index in [2.05, 4.69) is 25.5 Å². The minimum absolute atomic E-state index is 0.100. The van der Waals surface area contributed by atoms with Gasteiger partial charge in [-0.1, -0.05) is 46.8 Å². The zero-order chi connectivity index (χ0) is 16.9. The monoisotopic (exact) mass is 379 g/mol. The zero-order valence-electron chi connectivity index (χ0n) is 12.0. The van der Waals surface area contributed by atoms with Gasteiger partial charge in [0.15, 0.2) is 5.16 Å². The molecule has 122 valence electrons. The number of nitrogens with zero attached hydrogens (tertiary/aromatic N) is 3. The van der Waals surface area contributed by atoms with Crippen LogP contribution in [-0.4, -0.2) is 31.8 Å². The van der Waals surface area contributed by atoms with Crippen molar-refractivity contribution in [1.29, 1.82) is 0 Å². The van der Waals surface area contributed by atoms with E-state index >= 15 is 0 Å². The molecule has 7 nitrogen and oxygen atoms in total. The number of carbonyl (C=O) groups excluding carboxylic acids is 1. The zero-order valence-corrected chi connectivity index (χ0v) is 14.4. The molecule has 0 bridgehead atoms. The highest BCUT2D eigenvalue weighted by molar-refractivity contribution is 7.99.